The van der Waals surface area contributed by atoms with Gasteiger partial charge in [0.1, 0.15) is 17.2 Å². The fraction of sp³-hybridized carbons (Fsp3) is 0.136. The molecule has 0 bridgehead atoms. The molecule has 1 fully saturated rings. The molecular weight excluding hydrogens is 400 g/mol. The largest absolute Gasteiger partial charge is 0.321 e. The summed E-state index contributed by atoms with van der Waals surface area (Å²) in [5, 5.41) is 11.6. The summed E-state index contributed by atoms with van der Waals surface area (Å²) in [6, 6.07) is 15.2. The molecule has 0 unspecified atom stereocenters. The highest BCUT2D eigenvalue weighted by molar-refractivity contribution is 6.29. The van der Waals surface area contributed by atoms with Crippen molar-refractivity contribution in [1.82, 2.24) is 24.7 Å². The van der Waals surface area contributed by atoms with E-state index in [2.05, 4.69) is 30.0 Å². The van der Waals surface area contributed by atoms with Gasteiger partial charge in [-0.2, -0.15) is 0 Å². The summed E-state index contributed by atoms with van der Waals surface area (Å²) < 4.78 is 2.09. The summed E-state index contributed by atoms with van der Waals surface area (Å²) in [5.74, 6) is 0.517. The molecule has 0 saturated heterocycles. The predicted octanol–water partition coefficient (Wildman–Crippen LogP) is 4.64. The molecule has 148 valence electrons. The van der Waals surface area contributed by atoms with Crippen molar-refractivity contribution < 1.29 is 4.79 Å². The molecule has 3 aromatic heterocycles. The second-order valence-electron chi connectivity index (χ2n) is 7.13. The average molecular weight is 417 g/mol. The highest BCUT2D eigenvalue weighted by Gasteiger charge is 2.26. The molecule has 0 atom stereocenters. The van der Waals surface area contributed by atoms with Crippen LogP contribution in [0.3, 0.4) is 0 Å². The smallest absolute Gasteiger partial charge is 0.274 e. The zero-order valence-electron chi connectivity index (χ0n) is 15.9. The Hall–Kier alpha value is -3.58. The second kappa shape index (κ2) is 7.68. The third kappa shape index (κ3) is 3.79. The van der Waals surface area contributed by atoms with Gasteiger partial charge in [-0.15, -0.1) is 10.2 Å². The Bertz CT molecular complexity index is 1220. The third-order valence-electron chi connectivity index (χ3n) is 4.95. The summed E-state index contributed by atoms with van der Waals surface area (Å²) >= 11 is 5.85. The van der Waals surface area contributed by atoms with Gasteiger partial charge in [0.25, 0.3) is 5.91 Å². The van der Waals surface area contributed by atoms with Gasteiger partial charge in [0.15, 0.2) is 5.82 Å². The molecular formula is C22H17ClN6O. The van der Waals surface area contributed by atoms with Crippen molar-refractivity contribution in [3.05, 3.63) is 78.1 Å². The zero-order chi connectivity index (χ0) is 20.5. The van der Waals surface area contributed by atoms with Gasteiger partial charge in [0.2, 0.25) is 0 Å². The van der Waals surface area contributed by atoms with E-state index in [9.17, 15) is 4.79 Å². The summed E-state index contributed by atoms with van der Waals surface area (Å²) in [7, 11) is 0. The van der Waals surface area contributed by atoms with Crippen molar-refractivity contribution in [3.63, 3.8) is 0 Å². The minimum absolute atomic E-state index is 0.292. The van der Waals surface area contributed by atoms with Crippen LogP contribution in [0.15, 0.2) is 67.3 Å². The zero-order valence-corrected chi connectivity index (χ0v) is 16.6. The molecule has 7 nitrogen and oxygen atoms in total. The molecule has 1 saturated carbocycles. The van der Waals surface area contributed by atoms with E-state index >= 15 is 0 Å². The maximum Gasteiger partial charge on any atom is 0.274 e. The van der Waals surface area contributed by atoms with Gasteiger partial charge in [-0.3, -0.25) is 9.78 Å². The Balaban J connectivity index is 1.37. The van der Waals surface area contributed by atoms with Crippen LogP contribution in [-0.4, -0.2) is 30.6 Å². The minimum Gasteiger partial charge on any atom is -0.321 e. The van der Waals surface area contributed by atoms with Crippen molar-refractivity contribution >= 4 is 23.2 Å². The van der Waals surface area contributed by atoms with Crippen molar-refractivity contribution in [3.8, 4) is 22.5 Å². The molecule has 3 heterocycles. The number of carbonyl (C=O) groups excluding carboxylic acids is 1. The molecule has 1 aliphatic rings. The van der Waals surface area contributed by atoms with Crippen molar-refractivity contribution in [2.75, 3.05) is 5.32 Å². The van der Waals surface area contributed by atoms with Crippen LogP contribution >= 0.6 is 11.6 Å². The molecule has 1 N–H and O–H groups in total. The van der Waals surface area contributed by atoms with Crippen LogP contribution in [0.1, 0.15) is 29.4 Å². The van der Waals surface area contributed by atoms with Crippen molar-refractivity contribution in [1.29, 1.82) is 0 Å². The molecule has 1 aromatic carbocycles. The lowest BCUT2D eigenvalue weighted by molar-refractivity contribution is 0.102. The maximum absolute atomic E-state index is 12.8. The normalized spacial score (nSPS) is 13.2. The summed E-state index contributed by atoms with van der Waals surface area (Å²) in [6.45, 7) is 0. The number of hydrogen-bond donors (Lipinski definition) is 1. The van der Waals surface area contributed by atoms with E-state index in [-0.39, 0.29) is 5.91 Å². The van der Waals surface area contributed by atoms with Crippen LogP contribution in [0.25, 0.3) is 22.5 Å². The Kier molecular flexibility index (Phi) is 4.72. The van der Waals surface area contributed by atoms with E-state index in [0.717, 1.165) is 35.4 Å². The number of hydrogen-bond acceptors (Lipinski definition) is 5. The van der Waals surface area contributed by atoms with Crippen LogP contribution in [0, 0.1) is 0 Å². The average Bonchev–Trinajstić information content (AvgIpc) is 3.50. The molecule has 0 aliphatic heterocycles. The van der Waals surface area contributed by atoms with E-state index in [1.165, 1.54) is 0 Å². The Morgan fingerprint density at radius 1 is 1.03 bits per heavy atom. The highest BCUT2D eigenvalue weighted by atomic mass is 35.5. The lowest BCUT2D eigenvalue weighted by atomic mass is 10.1. The molecule has 1 aliphatic carbocycles. The number of rotatable bonds is 5. The quantitative estimate of drug-likeness (QED) is 0.479. The first-order valence-electron chi connectivity index (χ1n) is 9.57. The fourth-order valence-electron chi connectivity index (χ4n) is 3.28. The molecule has 30 heavy (non-hydrogen) atoms. The summed E-state index contributed by atoms with van der Waals surface area (Å²) in [4.78, 5) is 21.1. The van der Waals surface area contributed by atoms with Gasteiger partial charge < -0.3 is 9.88 Å². The van der Waals surface area contributed by atoms with Gasteiger partial charge in [0, 0.05) is 35.2 Å². The maximum atomic E-state index is 12.8. The number of pyridine rings is 2. The molecule has 5 rings (SSSR count). The number of amides is 1. The lowest BCUT2D eigenvalue weighted by Crippen LogP contribution is -2.13. The van der Waals surface area contributed by atoms with Crippen molar-refractivity contribution in [2.45, 2.75) is 18.9 Å². The van der Waals surface area contributed by atoms with Crippen LogP contribution in [-0.2, 0) is 0 Å². The number of nitrogens with zero attached hydrogens (tertiary/aromatic N) is 5. The van der Waals surface area contributed by atoms with Crippen LogP contribution in [0.4, 0.5) is 5.69 Å². The molecule has 8 heteroatoms. The molecule has 4 aromatic rings. The third-order valence-corrected chi connectivity index (χ3v) is 5.17. The number of halogens is 1. The SMILES string of the molecule is O=C(Nc1cccc(-c2nncn2C2CC2)c1)c1cc(-c2ccc(Cl)nc2)ccn1. The molecule has 0 radical (unpaired) electrons. The molecule has 1 amide bonds. The Labute approximate surface area is 177 Å². The fourth-order valence-corrected chi connectivity index (χ4v) is 3.39. The van der Waals surface area contributed by atoms with Gasteiger partial charge in [0.05, 0.1) is 0 Å². The summed E-state index contributed by atoms with van der Waals surface area (Å²) in [6.07, 6.45) is 7.32. The van der Waals surface area contributed by atoms with Gasteiger partial charge in [-0.05, 0) is 54.8 Å². The van der Waals surface area contributed by atoms with Gasteiger partial charge >= 0.3 is 0 Å². The summed E-state index contributed by atoms with van der Waals surface area (Å²) in [5.41, 5.74) is 3.59. The number of anilines is 1. The Morgan fingerprint density at radius 3 is 2.73 bits per heavy atom. The standard InChI is InChI=1S/C22H17ClN6O/c23-20-7-4-16(12-25-20)14-8-9-24-19(11-14)22(30)27-17-3-1-2-15(10-17)21-28-26-13-29(21)18-5-6-18/h1-4,7-13,18H,5-6H2,(H,27,30). The lowest BCUT2D eigenvalue weighted by Gasteiger charge is -2.09. The van der Waals surface area contributed by atoms with E-state index in [1.54, 1.807) is 30.9 Å². The minimum atomic E-state index is -0.292. The topological polar surface area (TPSA) is 85.6 Å². The van der Waals surface area contributed by atoms with Crippen LogP contribution in [0.5, 0.6) is 0 Å². The van der Waals surface area contributed by atoms with Gasteiger partial charge in [-0.25, -0.2) is 4.98 Å². The first-order valence-corrected chi connectivity index (χ1v) is 9.94. The van der Waals surface area contributed by atoms with E-state index < -0.39 is 0 Å². The highest BCUT2D eigenvalue weighted by Crippen LogP contribution is 2.37. The molecule has 0 spiro atoms. The number of aromatic nitrogens is 5. The first-order chi connectivity index (χ1) is 14.7. The number of nitrogens with one attached hydrogen (secondary N) is 1. The Morgan fingerprint density at radius 2 is 1.93 bits per heavy atom. The van der Waals surface area contributed by atoms with E-state index in [0.29, 0.717) is 22.6 Å². The van der Waals surface area contributed by atoms with Crippen LogP contribution < -0.4 is 5.32 Å². The number of benzene rings is 1. The van der Waals surface area contributed by atoms with Gasteiger partial charge in [-0.1, -0.05) is 23.7 Å². The van der Waals surface area contributed by atoms with E-state index in [1.807, 2.05) is 36.4 Å². The second-order valence-corrected chi connectivity index (χ2v) is 7.51. The van der Waals surface area contributed by atoms with Crippen molar-refractivity contribution in [2.24, 2.45) is 0 Å². The predicted molar refractivity (Wildman–Crippen MR) is 114 cm³/mol. The van der Waals surface area contributed by atoms with E-state index in [4.69, 9.17) is 11.6 Å². The monoisotopic (exact) mass is 416 g/mol. The number of carbonyl (C=O) groups is 1. The first kappa shape index (κ1) is 18.4. The van der Waals surface area contributed by atoms with Crippen LogP contribution in [0.2, 0.25) is 5.15 Å².